The summed E-state index contributed by atoms with van der Waals surface area (Å²) in [4.78, 5) is 24.2. The Morgan fingerprint density at radius 1 is 0.947 bits per heavy atom. The van der Waals surface area contributed by atoms with E-state index in [1.165, 1.54) is 12.4 Å². The molecule has 0 aromatic carbocycles. The van der Waals surface area contributed by atoms with E-state index < -0.39 is 0 Å². The molecule has 0 amide bonds. The van der Waals surface area contributed by atoms with Gasteiger partial charge in [-0.25, -0.2) is 0 Å². The molecule has 0 saturated heterocycles. The molecule has 0 atom stereocenters. The molecule has 2 aromatic rings. The number of carbonyl (C=O) groups is 2. The van der Waals surface area contributed by atoms with Crippen LogP contribution in [0, 0.1) is 13.8 Å². The lowest BCUT2D eigenvalue weighted by molar-refractivity contribution is 0.0893. The quantitative estimate of drug-likeness (QED) is 0.612. The standard InChI is InChI=1S/C13H16N4O2/c1-8-10(6-14-16(8)3)12(18)5-13(19)11-7-15-17(4)9(11)2/h6-7H,5H2,1-4H3. The Labute approximate surface area is 111 Å². The highest BCUT2D eigenvalue weighted by Crippen LogP contribution is 2.13. The van der Waals surface area contributed by atoms with E-state index in [-0.39, 0.29) is 18.0 Å². The zero-order valence-electron chi connectivity index (χ0n) is 11.5. The minimum absolute atomic E-state index is 0.154. The van der Waals surface area contributed by atoms with Gasteiger partial charge in [0.15, 0.2) is 11.6 Å². The Balaban J connectivity index is 2.18. The number of aryl methyl sites for hydroxylation is 2. The second kappa shape index (κ2) is 4.79. The van der Waals surface area contributed by atoms with Crippen molar-refractivity contribution in [2.24, 2.45) is 14.1 Å². The maximum Gasteiger partial charge on any atom is 0.174 e. The number of hydrogen-bond donors (Lipinski definition) is 0. The van der Waals surface area contributed by atoms with Crippen molar-refractivity contribution in [2.75, 3.05) is 0 Å². The number of Topliss-reactive ketones (excluding diaryl/α,β-unsaturated/α-hetero) is 2. The highest BCUT2D eigenvalue weighted by molar-refractivity contribution is 6.14. The Hall–Kier alpha value is -2.24. The fourth-order valence-electron chi connectivity index (χ4n) is 1.88. The zero-order chi connectivity index (χ0) is 14.2. The molecule has 0 unspecified atom stereocenters. The second-order valence-electron chi connectivity index (χ2n) is 4.56. The van der Waals surface area contributed by atoms with Crippen molar-refractivity contribution in [1.82, 2.24) is 19.6 Å². The van der Waals surface area contributed by atoms with Gasteiger partial charge in [0.1, 0.15) is 0 Å². The summed E-state index contributed by atoms with van der Waals surface area (Å²) in [5, 5.41) is 8.01. The van der Waals surface area contributed by atoms with Crippen LogP contribution in [0.3, 0.4) is 0 Å². The summed E-state index contributed by atoms with van der Waals surface area (Å²) in [6, 6.07) is 0. The first-order valence-corrected chi connectivity index (χ1v) is 5.95. The third-order valence-electron chi connectivity index (χ3n) is 3.39. The van der Waals surface area contributed by atoms with Crippen LogP contribution in [0.1, 0.15) is 38.5 Å². The third kappa shape index (κ3) is 2.33. The lowest BCUT2D eigenvalue weighted by Crippen LogP contribution is -2.10. The summed E-state index contributed by atoms with van der Waals surface area (Å²) in [7, 11) is 3.53. The van der Waals surface area contributed by atoms with Crippen molar-refractivity contribution >= 4 is 11.6 Å². The van der Waals surface area contributed by atoms with Crippen LogP contribution in [0.25, 0.3) is 0 Å². The summed E-state index contributed by atoms with van der Waals surface area (Å²) in [5.41, 5.74) is 2.52. The molecular formula is C13H16N4O2. The van der Waals surface area contributed by atoms with Crippen molar-refractivity contribution in [3.05, 3.63) is 34.9 Å². The molecule has 6 heteroatoms. The zero-order valence-corrected chi connectivity index (χ0v) is 11.5. The number of carbonyl (C=O) groups excluding carboxylic acids is 2. The molecule has 2 rings (SSSR count). The summed E-state index contributed by atoms with van der Waals surface area (Å²) in [6.07, 6.45) is 2.85. The van der Waals surface area contributed by atoms with Gasteiger partial charge >= 0.3 is 0 Å². The fourth-order valence-corrected chi connectivity index (χ4v) is 1.88. The predicted octanol–water partition coefficient (Wildman–Crippen LogP) is 1.23. The first-order valence-electron chi connectivity index (χ1n) is 5.95. The molecule has 0 aliphatic heterocycles. The normalized spacial score (nSPS) is 10.7. The number of hydrogen-bond acceptors (Lipinski definition) is 4. The molecule has 0 spiro atoms. The highest BCUT2D eigenvalue weighted by atomic mass is 16.1. The maximum atomic E-state index is 12.1. The van der Waals surface area contributed by atoms with Gasteiger partial charge in [-0.15, -0.1) is 0 Å². The smallest absolute Gasteiger partial charge is 0.174 e. The Morgan fingerprint density at radius 2 is 1.32 bits per heavy atom. The van der Waals surface area contributed by atoms with Crippen LogP contribution in [-0.4, -0.2) is 31.1 Å². The van der Waals surface area contributed by atoms with Gasteiger partial charge < -0.3 is 0 Å². The van der Waals surface area contributed by atoms with Crippen LogP contribution in [0.4, 0.5) is 0 Å². The van der Waals surface area contributed by atoms with Crippen LogP contribution in [-0.2, 0) is 14.1 Å². The van der Waals surface area contributed by atoms with E-state index in [1.807, 2.05) is 0 Å². The monoisotopic (exact) mass is 260 g/mol. The van der Waals surface area contributed by atoms with E-state index >= 15 is 0 Å². The van der Waals surface area contributed by atoms with E-state index in [0.717, 1.165) is 11.4 Å². The van der Waals surface area contributed by atoms with Crippen molar-refractivity contribution in [3.8, 4) is 0 Å². The molecule has 0 aliphatic carbocycles. The number of aromatic nitrogens is 4. The molecule has 19 heavy (non-hydrogen) atoms. The first-order chi connectivity index (χ1) is 8.91. The number of ketones is 2. The van der Waals surface area contributed by atoms with Crippen molar-refractivity contribution in [2.45, 2.75) is 20.3 Å². The van der Waals surface area contributed by atoms with Crippen molar-refractivity contribution < 1.29 is 9.59 Å². The third-order valence-corrected chi connectivity index (χ3v) is 3.39. The lowest BCUT2D eigenvalue weighted by Gasteiger charge is -2.01. The maximum absolute atomic E-state index is 12.1. The topological polar surface area (TPSA) is 69.8 Å². The average molecular weight is 260 g/mol. The molecule has 2 aromatic heterocycles. The van der Waals surface area contributed by atoms with Gasteiger partial charge in [-0.2, -0.15) is 10.2 Å². The van der Waals surface area contributed by atoms with E-state index in [9.17, 15) is 9.59 Å². The van der Waals surface area contributed by atoms with E-state index in [1.54, 1.807) is 37.3 Å². The summed E-state index contributed by atoms with van der Waals surface area (Å²) in [5.74, 6) is -0.419. The number of nitrogens with zero attached hydrogens (tertiary/aromatic N) is 4. The summed E-state index contributed by atoms with van der Waals surface area (Å²) in [6.45, 7) is 3.61. The van der Waals surface area contributed by atoms with Gasteiger partial charge in [-0.05, 0) is 13.8 Å². The second-order valence-corrected chi connectivity index (χ2v) is 4.56. The number of rotatable bonds is 4. The molecule has 2 heterocycles. The summed E-state index contributed by atoms with van der Waals surface area (Å²) >= 11 is 0. The minimum atomic E-state index is -0.209. The van der Waals surface area contributed by atoms with Gasteiger partial charge in [-0.1, -0.05) is 0 Å². The van der Waals surface area contributed by atoms with Crippen LogP contribution in [0.5, 0.6) is 0 Å². The van der Waals surface area contributed by atoms with Crippen LogP contribution in [0.15, 0.2) is 12.4 Å². The molecule has 0 fully saturated rings. The van der Waals surface area contributed by atoms with Crippen LogP contribution < -0.4 is 0 Å². The van der Waals surface area contributed by atoms with Gasteiger partial charge in [0.2, 0.25) is 0 Å². The van der Waals surface area contributed by atoms with E-state index in [0.29, 0.717) is 11.1 Å². The Kier molecular flexibility index (Phi) is 3.33. The van der Waals surface area contributed by atoms with E-state index in [2.05, 4.69) is 10.2 Å². The molecule has 0 aliphatic rings. The SMILES string of the molecule is Cc1c(C(=O)CC(=O)c2cnn(C)c2C)cnn1C. The van der Waals surface area contributed by atoms with Gasteiger partial charge in [0.05, 0.1) is 29.9 Å². The predicted molar refractivity (Wildman–Crippen MR) is 69.2 cm³/mol. The van der Waals surface area contributed by atoms with E-state index in [4.69, 9.17) is 0 Å². The van der Waals surface area contributed by atoms with Crippen LogP contribution >= 0.6 is 0 Å². The molecule has 0 saturated carbocycles. The van der Waals surface area contributed by atoms with Crippen LogP contribution in [0.2, 0.25) is 0 Å². The largest absolute Gasteiger partial charge is 0.294 e. The first kappa shape index (κ1) is 13.2. The Morgan fingerprint density at radius 3 is 1.58 bits per heavy atom. The molecule has 0 bridgehead atoms. The average Bonchev–Trinajstić information content (AvgIpc) is 2.85. The minimum Gasteiger partial charge on any atom is -0.294 e. The van der Waals surface area contributed by atoms with Crippen molar-refractivity contribution in [3.63, 3.8) is 0 Å². The highest BCUT2D eigenvalue weighted by Gasteiger charge is 2.20. The molecular weight excluding hydrogens is 244 g/mol. The Bertz CT molecular complexity index is 595. The lowest BCUT2D eigenvalue weighted by atomic mass is 10.0. The molecule has 6 nitrogen and oxygen atoms in total. The summed E-state index contributed by atoms with van der Waals surface area (Å²) < 4.78 is 3.24. The van der Waals surface area contributed by atoms with Crippen molar-refractivity contribution in [1.29, 1.82) is 0 Å². The van der Waals surface area contributed by atoms with Gasteiger partial charge in [0, 0.05) is 25.5 Å². The van der Waals surface area contributed by atoms with Gasteiger partial charge in [-0.3, -0.25) is 19.0 Å². The molecule has 0 N–H and O–H groups in total. The molecule has 0 radical (unpaired) electrons. The van der Waals surface area contributed by atoms with Gasteiger partial charge in [0.25, 0.3) is 0 Å². The fraction of sp³-hybridized carbons (Fsp3) is 0.385. The molecule has 100 valence electrons.